The van der Waals surface area contributed by atoms with Gasteiger partial charge < -0.3 is 26.0 Å². The summed E-state index contributed by atoms with van der Waals surface area (Å²) in [5.74, 6) is -2.02. The van der Waals surface area contributed by atoms with Crippen LogP contribution in [0.25, 0.3) is 0 Å². The van der Waals surface area contributed by atoms with Crippen molar-refractivity contribution in [2.75, 3.05) is 28.7 Å². The maximum Gasteiger partial charge on any atom is 0.338 e. The monoisotopic (exact) mass is 414 g/mol. The number of ether oxygens (including phenoxy) is 1. The zero-order valence-electron chi connectivity index (χ0n) is 15.3. The number of carbonyl (C=O) groups is 4. The van der Waals surface area contributed by atoms with Gasteiger partial charge in [-0.1, -0.05) is 0 Å². The molecule has 0 radical (unpaired) electrons. The van der Waals surface area contributed by atoms with Crippen molar-refractivity contribution in [2.24, 2.45) is 5.73 Å². The fraction of sp³-hybridized carbons (Fsp3) is 0.263. The standard InChI is InChI=1S/C19H18N4O5S/c20-16(25)11-5-7-29-18(11)22-15(24)9-28-19(27)10-3-4-13-12(8-10)21-17(26)14-2-1-6-23(13)14/h3-5,7-8,14H,1-2,6,9H2,(H2,20,25)(H,21,26)(H,22,24)/t14-/m1/s1. The number of anilines is 3. The van der Waals surface area contributed by atoms with Gasteiger partial charge in [0.2, 0.25) is 5.91 Å². The molecule has 1 aromatic heterocycles. The highest BCUT2D eigenvalue weighted by Crippen LogP contribution is 2.37. The van der Waals surface area contributed by atoms with E-state index in [4.69, 9.17) is 10.5 Å². The Morgan fingerprint density at radius 2 is 2.14 bits per heavy atom. The van der Waals surface area contributed by atoms with Crippen LogP contribution < -0.4 is 21.3 Å². The van der Waals surface area contributed by atoms with E-state index in [1.165, 1.54) is 6.07 Å². The molecular formula is C19H18N4O5S. The largest absolute Gasteiger partial charge is 0.452 e. The average Bonchev–Trinajstić information content (AvgIpc) is 3.35. The van der Waals surface area contributed by atoms with Crippen molar-refractivity contribution in [3.05, 3.63) is 40.8 Å². The third kappa shape index (κ3) is 3.66. The number of nitrogens with one attached hydrogen (secondary N) is 2. The Kier molecular flexibility index (Phi) is 4.93. The summed E-state index contributed by atoms with van der Waals surface area (Å²) in [4.78, 5) is 49.9. The summed E-state index contributed by atoms with van der Waals surface area (Å²) >= 11 is 1.14. The molecule has 1 saturated heterocycles. The van der Waals surface area contributed by atoms with E-state index in [-0.39, 0.29) is 23.1 Å². The van der Waals surface area contributed by atoms with Crippen molar-refractivity contribution in [2.45, 2.75) is 18.9 Å². The van der Waals surface area contributed by atoms with Crippen molar-refractivity contribution in [3.8, 4) is 0 Å². The Hall–Kier alpha value is -3.40. The second kappa shape index (κ2) is 7.55. The average molecular weight is 414 g/mol. The molecule has 3 heterocycles. The van der Waals surface area contributed by atoms with E-state index in [1.54, 1.807) is 23.6 Å². The fourth-order valence-electron chi connectivity index (χ4n) is 3.53. The normalized spacial score (nSPS) is 17.2. The number of rotatable bonds is 5. The number of esters is 1. The number of carbonyl (C=O) groups excluding carboxylic acids is 4. The molecule has 0 aliphatic carbocycles. The zero-order valence-corrected chi connectivity index (χ0v) is 16.1. The van der Waals surface area contributed by atoms with E-state index in [2.05, 4.69) is 10.6 Å². The van der Waals surface area contributed by atoms with E-state index < -0.39 is 24.4 Å². The molecule has 2 aliphatic rings. The quantitative estimate of drug-likeness (QED) is 0.637. The minimum absolute atomic E-state index is 0.0823. The maximum atomic E-state index is 12.3. The van der Waals surface area contributed by atoms with Gasteiger partial charge in [0, 0.05) is 6.54 Å². The van der Waals surface area contributed by atoms with Crippen LogP contribution in [-0.4, -0.2) is 42.9 Å². The third-order valence-electron chi connectivity index (χ3n) is 4.87. The number of benzene rings is 1. The first-order chi connectivity index (χ1) is 13.9. The summed E-state index contributed by atoms with van der Waals surface area (Å²) in [5, 5.41) is 7.25. The summed E-state index contributed by atoms with van der Waals surface area (Å²) < 4.78 is 5.05. The number of hydrogen-bond donors (Lipinski definition) is 3. The van der Waals surface area contributed by atoms with E-state index in [1.807, 2.05) is 4.90 Å². The first kappa shape index (κ1) is 18.9. The van der Waals surface area contributed by atoms with Gasteiger partial charge in [0.15, 0.2) is 6.61 Å². The van der Waals surface area contributed by atoms with Crippen LogP contribution in [0.2, 0.25) is 0 Å². The minimum atomic E-state index is -0.693. The second-order valence-corrected chi connectivity index (χ2v) is 7.64. The Morgan fingerprint density at radius 1 is 1.31 bits per heavy atom. The Balaban J connectivity index is 1.40. The molecule has 1 fully saturated rings. The van der Waals surface area contributed by atoms with Crippen LogP contribution in [0.15, 0.2) is 29.6 Å². The number of nitrogens with two attached hydrogens (primary N) is 1. The summed E-state index contributed by atoms with van der Waals surface area (Å²) in [5.41, 5.74) is 7.07. The first-order valence-electron chi connectivity index (χ1n) is 9.00. The van der Waals surface area contributed by atoms with Crippen LogP contribution in [0, 0.1) is 0 Å². The predicted octanol–water partition coefficient (Wildman–Crippen LogP) is 1.56. The van der Waals surface area contributed by atoms with Crippen molar-refractivity contribution in [1.29, 1.82) is 0 Å². The lowest BCUT2D eigenvalue weighted by atomic mass is 10.1. The number of hydrogen-bond acceptors (Lipinski definition) is 7. The highest BCUT2D eigenvalue weighted by atomic mass is 32.1. The van der Waals surface area contributed by atoms with Crippen LogP contribution >= 0.6 is 11.3 Å². The lowest BCUT2D eigenvalue weighted by Crippen LogP contribution is -2.43. The van der Waals surface area contributed by atoms with E-state index in [9.17, 15) is 19.2 Å². The van der Waals surface area contributed by atoms with Crippen molar-refractivity contribution < 1.29 is 23.9 Å². The first-order valence-corrected chi connectivity index (χ1v) is 9.88. The van der Waals surface area contributed by atoms with Crippen LogP contribution in [0.1, 0.15) is 33.6 Å². The van der Waals surface area contributed by atoms with E-state index in [0.29, 0.717) is 10.7 Å². The Morgan fingerprint density at radius 3 is 2.93 bits per heavy atom. The molecule has 1 aromatic carbocycles. The Labute approximate surface area is 169 Å². The molecule has 4 rings (SSSR count). The summed E-state index contributed by atoms with van der Waals surface area (Å²) in [6, 6.07) is 6.27. The predicted molar refractivity (Wildman–Crippen MR) is 107 cm³/mol. The van der Waals surface area contributed by atoms with Gasteiger partial charge in [-0.2, -0.15) is 0 Å². The number of nitrogens with zero attached hydrogens (tertiary/aromatic N) is 1. The van der Waals surface area contributed by atoms with Gasteiger partial charge in [-0.3, -0.25) is 14.4 Å². The summed E-state index contributed by atoms with van der Waals surface area (Å²) in [6.07, 6.45) is 1.75. The summed E-state index contributed by atoms with van der Waals surface area (Å²) in [7, 11) is 0. The molecule has 0 unspecified atom stereocenters. The van der Waals surface area contributed by atoms with Crippen molar-refractivity contribution in [1.82, 2.24) is 0 Å². The maximum absolute atomic E-state index is 12.3. The lowest BCUT2D eigenvalue weighted by molar-refractivity contribution is -0.119. The minimum Gasteiger partial charge on any atom is -0.452 e. The molecule has 29 heavy (non-hydrogen) atoms. The highest BCUT2D eigenvalue weighted by molar-refractivity contribution is 7.14. The zero-order chi connectivity index (χ0) is 20.5. The van der Waals surface area contributed by atoms with Crippen LogP contribution in [-0.2, 0) is 14.3 Å². The van der Waals surface area contributed by atoms with Gasteiger partial charge >= 0.3 is 5.97 Å². The molecule has 2 aromatic rings. The molecule has 0 saturated carbocycles. The third-order valence-corrected chi connectivity index (χ3v) is 5.70. The highest BCUT2D eigenvalue weighted by Gasteiger charge is 2.36. The molecule has 4 N–H and O–H groups in total. The Bertz CT molecular complexity index is 1020. The molecule has 0 spiro atoms. The molecular weight excluding hydrogens is 396 g/mol. The molecule has 150 valence electrons. The van der Waals surface area contributed by atoms with Crippen molar-refractivity contribution in [3.63, 3.8) is 0 Å². The van der Waals surface area contributed by atoms with Gasteiger partial charge in [-0.15, -0.1) is 11.3 Å². The number of primary amides is 1. The van der Waals surface area contributed by atoms with Gasteiger partial charge in [0.25, 0.3) is 11.8 Å². The van der Waals surface area contributed by atoms with Gasteiger partial charge in [-0.05, 0) is 42.5 Å². The lowest BCUT2D eigenvalue weighted by Gasteiger charge is -2.33. The van der Waals surface area contributed by atoms with Crippen LogP contribution in [0.5, 0.6) is 0 Å². The number of thiophene rings is 1. The van der Waals surface area contributed by atoms with Crippen LogP contribution in [0.3, 0.4) is 0 Å². The topological polar surface area (TPSA) is 131 Å². The molecule has 0 bridgehead atoms. The molecule has 9 nitrogen and oxygen atoms in total. The summed E-state index contributed by atoms with van der Waals surface area (Å²) in [6.45, 7) is 0.275. The fourth-order valence-corrected chi connectivity index (χ4v) is 4.34. The molecule has 2 aliphatic heterocycles. The van der Waals surface area contributed by atoms with Gasteiger partial charge in [-0.25, -0.2) is 4.79 Å². The molecule has 3 amide bonds. The van der Waals surface area contributed by atoms with E-state index >= 15 is 0 Å². The second-order valence-electron chi connectivity index (χ2n) is 6.72. The SMILES string of the molecule is NC(=O)c1ccsc1NC(=O)COC(=O)c1ccc2c(c1)NC(=O)[C@H]1CCCN21. The van der Waals surface area contributed by atoms with Crippen LogP contribution in [0.4, 0.5) is 16.4 Å². The van der Waals surface area contributed by atoms with Gasteiger partial charge in [0.1, 0.15) is 11.0 Å². The number of amides is 3. The molecule has 10 heteroatoms. The van der Waals surface area contributed by atoms with Gasteiger partial charge in [0.05, 0.1) is 22.5 Å². The number of fused-ring (bicyclic) bond motifs is 3. The van der Waals surface area contributed by atoms with E-state index in [0.717, 1.165) is 36.4 Å². The smallest absolute Gasteiger partial charge is 0.338 e. The molecule has 1 atom stereocenters. The van der Waals surface area contributed by atoms with Crippen molar-refractivity contribution >= 4 is 51.4 Å².